The molecular weight excluding hydrogens is 232 g/mol. The molecule has 1 rings (SSSR count). The van der Waals surface area contributed by atoms with Crippen molar-refractivity contribution in [3.63, 3.8) is 0 Å². The van der Waals surface area contributed by atoms with E-state index in [1.54, 1.807) is 0 Å². The van der Waals surface area contributed by atoms with Gasteiger partial charge < -0.3 is 0 Å². The highest BCUT2D eigenvalue weighted by atomic mass is 32.3. The molecule has 0 aliphatic carbocycles. The van der Waals surface area contributed by atoms with Gasteiger partial charge in [-0.25, -0.2) is 16.8 Å². The highest BCUT2D eigenvalue weighted by Gasteiger charge is 2.33. The molecule has 0 aromatic heterocycles. The Morgan fingerprint density at radius 1 is 1.50 bits per heavy atom. The number of rotatable bonds is 3. The molecular formula is C6H8O6S2. The maximum absolute atomic E-state index is 11.1. The minimum absolute atomic E-state index is 0.286. The summed E-state index contributed by atoms with van der Waals surface area (Å²) in [5.41, 5.74) is 0. The highest BCUT2D eigenvalue weighted by Crippen LogP contribution is 2.14. The maximum Gasteiger partial charge on any atom is 0.400 e. The largest absolute Gasteiger partial charge is 0.400 e. The second-order valence-corrected chi connectivity index (χ2v) is 6.02. The Hall–Kier alpha value is -0.620. The zero-order valence-electron chi connectivity index (χ0n) is 7.04. The standard InChI is InChI=1S/C6H8O6S2/c1-2-3-13(7,8)5-6-4-11-14(9,10)12-6/h1,6H,3-5H2. The Balaban J connectivity index is 2.61. The summed E-state index contributed by atoms with van der Waals surface area (Å²) in [5, 5.41) is 0. The van der Waals surface area contributed by atoms with Crippen molar-refractivity contribution >= 4 is 20.2 Å². The Morgan fingerprint density at radius 2 is 2.14 bits per heavy atom. The molecule has 6 nitrogen and oxygen atoms in total. The summed E-state index contributed by atoms with van der Waals surface area (Å²) in [5.74, 6) is 1.08. The highest BCUT2D eigenvalue weighted by molar-refractivity contribution is 7.91. The summed E-state index contributed by atoms with van der Waals surface area (Å²) in [6.45, 7) is -0.286. The third kappa shape index (κ3) is 3.26. The predicted octanol–water partition coefficient (Wildman–Crippen LogP) is -1.31. The fourth-order valence-electron chi connectivity index (χ4n) is 0.926. The molecule has 1 fully saturated rings. The van der Waals surface area contributed by atoms with Gasteiger partial charge >= 0.3 is 10.4 Å². The van der Waals surface area contributed by atoms with Crippen LogP contribution in [0, 0.1) is 12.3 Å². The van der Waals surface area contributed by atoms with Gasteiger partial charge in [-0.3, -0.25) is 0 Å². The molecule has 0 N–H and O–H groups in total. The van der Waals surface area contributed by atoms with Crippen LogP contribution in [0.5, 0.6) is 0 Å². The van der Waals surface area contributed by atoms with Gasteiger partial charge in [0.05, 0.1) is 12.4 Å². The molecule has 0 aromatic rings. The molecule has 14 heavy (non-hydrogen) atoms. The molecule has 1 saturated heterocycles. The monoisotopic (exact) mass is 240 g/mol. The van der Waals surface area contributed by atoms with Crippen LogP contribution in [0.3, 0.4) is 0 Å². The molecule has 0 amide bonds. The van der Waals surface area contributed by atoms with E-state index in [0.29, 0.717) is 0 Å². The zero-order valence-corrected chi connectivity index (χ0v) is 8.68. The van der Waals surface area contributed by atoms with Crippen LogP contribution < -0.4 is 0 Å². The van der Waals surface area contributed by atoms with Gasteiger partial charge in [0.1, 0.15) is 11.9 Å². The first-order chi connectivity index (χ1) is 6.35. The molecule has 8 heteroatoms. The third-order valence-electron chi connectivity index (χ3n) is 1.40. The molecule has 1 atom stereocenters. The summed E-state index contributed by atoms with van der Waals surface area (Å²) in [6, 6.07) is 0. The number of hydrogen-bond donors (Lipinski definition) is 0. The van der Waals surface area contributed by atoms with Gasteiger partial charge in [0, 0.05) is 0 Å². The van der Waals surface area contributed by atoms with Gasteiger partial charge in [-0.15, -0.1) is 6.42 Å². The van der Waals surface area contributed by atoms with E-state index in [1.807, 2.05) is 5.92 Å². The summed E-state index contributed by atoms with van der Waals surface area (Å²) in [7, 11) is -7.47. The van der Waals surface area contributed by atoms with Crippen LogP contribution in [0.25, 0.3) is 0 Å². The van der Waals surface area contributed by atoms with E-state index in [4.69, 9.17) is 6.42 Å². The van der Waals surface area contributed by atoms with E-state index >= 15 is 0 Å². The Labute approximate surface area is 82.5 Å². The van der Waals surface area contributed by atoms with Crippen molar-refractivity contribution in [1.82, 2.24) is 0 Å². The van der Waals surface area contributed by atoms with E-state index in [2.05, 4.69) is 8.37 Å². The summed E-state index contributed by atoms with van der Waals surface area (Å²) >= 11 is 0. The molecule has 80 valence electrons. The topological polar surface area (TPSA) is 86.7 Å². The second kappa shape index (κ2) is 3.86. The van der Waals surface area contributed by atoms with Crippen molar-refractivity contribution in [2.24, 2.45) is 0 Å². The van der Waals surface area contributed by atoms with Crippen molar-refractivity contribution in [3.05, 3.63) is 0 Å². The van der Waals surface area contributed by atoms with Crippen molar-refractivity contribution < 1.29 is 25.2 Å². The lowest BCUT2D eigenvalue weighted by Gasteiger charge is -2.03. The van der Waals surface area contributed by atoms with Crippen LogP contribution in [-0.2, 0) is 28.6 Å². The smallest absolute Gasteiger partial charge is 0.245 e. The Morgan fingerprint density at radius 3 is 2.57 bits per heavy atom. The normalized spacial score (nSPS) is 25.8. The van der Waals surface area contributed by atoms with E-state index in [1.165, 1.54) is 0 Å². The minimum atomic E-state index is -4.00. The minimum Gasteiger partial charge on any atom is -0.245 e. The van der Waals surface area contributed by atoms with Gasteiger partial charge in [0.15, 0.2) is 9.84 Å². The van der Waals surface area contributed by atoms with Gasteiger partial charge in [0.2, 0.25) is 0 Å². The fraction of sp³-hybridized carbons (Fsp3) is 0.667. The van der Waals surface area contributed by atoms with Crippen LogP contribution in [0.2, 0.25) is 0 Å². The molecule has 0 saturated carbocycles. The van der Waals surface area contributed by atoms with Crippen LogP contribution in [-0.4, -0.2) is 41.1 Å². The van der Waals surface area contributed by atoms with Crippen molar-refractivity contribution in [2.75, 3.05) is 18.1 Å². The lowest BCUT2D eigenvalue weighted by Crippen LogP contribution is -2.24. The molecule has 1 unspecified atom stereocenters. The van der Waals surface area contributed by atoms with Gasteiger partial charge in [-0.2, -0.15) is 8.42 Å². The third-order valence-corrected chi connectivity index (χ3v) is 3.81. The SMILES string of the molecule is C#CCS(=O)(=O)CC1COS(=O)(=O)O1. The van der Waals surface area contributed by atoms with Crippen LogP contribution in [0.4, 0.5) is 0 Å². The predicted molar refractivity (Wildman–Crippen MR) is 47.2 cm³/mol. The van der Waals surface area contributed by atoms with Gasteiger partial charge in [0.25, 0.3) is 0 Å². The summed E-state index contributed by atoms with van der Waals surface area (Å²) in [6.07, 6.45) is 3.84. The molecule has 1 heterocycles. The molecule has 0 spiro atoms. The van der Waals surface area contributed by atoms with E-state index in [-0.39, 0.29) is 6.61 Å². The van der Waals surface area contributed by atoms with E-state index in [9.17, 15) is 16.8 Å². The summed E-state index contributed by atoms with van der Waals surface area (Å²) in [4.78, 5) is 0. The van der Waals surface area contributed by atoms with Gasteiger partial charge in [-0.05, 0) is 0 Å². The Bertz CT molecular complexity index is 439. The van der Waals surface area contributed by atoms with E-state index in [0.717, 1.165) is 0 Å². The molecule has 1 aliphatic heterocycles. The van der Waals surface area contributed by atoms with E-state index < -0.39 is 37.8 Å². The average Bonchev–Trinajstić information content (AvgIpc) is 2.28. The number of sulfone groups is 1. The van der Waals surface area contributed by atoms with Crippen LogP contribution >= 0.6 is 0 Å². The first-order valence-electron chi connectivity index (χ1n) is 3.56. The van der Waals surface area contributed by atoms with Crippen molar-refractivity contribution in [2.45, 2.75) is 6.10 Å². The first kappa shape index (κ1) is 11.5. The second-order valence-electron chi connectivity index (χ2n) is 2.67. The van der Waals surface area contributed by atoms with Crippen molar-refractivity contribution in [3.8, 4) is 12.3 Å². The molecule has 0 aromatic carbocycles. The maximum atomic E-state index is 11.1. The molecule has 1 aliphatic rings. The lowest BCUT2D eigenvalue weighted by molar-refractivity contribution is 0.260. The van der Waals surface area contributed by atoms with Crippen molar-refractivity contribution in [1.29, 1.82) is 0 Å². The molecule has 0 radical (unpaired) electrons. The quantitative estimate of drug-likeness (QED) is 0.569. The average molecular weight is 240 g/mol. The lowest BCUT2D eigenvalue weighted by atomic mass is 10.4. The number of terminal acetylenes is 1. The number of hydrogen-bond acceptors (Lipinski definition) is 6. The summed E-state index contributed by atoms with van der Waals surface area (Å²) < 4.78 is 52.0. The first-order valence-corrected chi connectivity index (χ1v) is 6.72. The fourth-order valence-corrected chi connectivity index (χ4v) is 2.95. The van der Waals surface area contributed by atoms with Gasteiger partial charge in [-0.1, -0.05) is 5.92 Å². The Kier molecular flexibility index (Phi) is 3.16. The van der Waals surface area contributed by atoms with Crippen LogP contribution in [0.1, 0.15) is 0 Å². The zero-order chi connectivity index (χ0) is 10.8. The van der Waals surface area contributed by atoms with Crippen LogP contribution in [0.15, 0.2) is 0 Å². The molecule has 0 bridgehead atoms.